The number of anilines is 2. The Kier molecular flexibility index (Phi) is 7.63. The molecule has 1 aliphatic heterocycles. The maximum absolute atomic E-state index is 13.7. The van der Waals surface area contributed by atoms with Gasteiger partial charge in [0.05, 0.1) is 32.0 Å². The number of thiocarbonyl (C=S) groups is 1. The Hall–Kier alpha value is -4.51. The van der Waals surface area contributed by atoms with Gasteiger partial charge in [-0.25, -0.2) is 9.40 Å². The van der Waals surface area contributed by atoms with Gasteiger partial charge in [0.2, 0.25) is 11.0 Å². The molecule has 2 N–H and O–H groups in total. The molecule has 190 valence electrons. The highest BCUT2D eigenvalue weighted by atomic mass is 32.1. The summed E-state index contributed by atoms with van der Waals surface area (Å²) in [6.45, 7) is 0. The molecule has 1 atom stereocenters. The third-order valence-electron chi connectivity index (χ3n) is 5.61. The Labute approximate surface area is 217 Å². The Morgan fingerprint density at radius 2 is 1.73 bits per heavy atom. The van der Waals surface area contributed by atoms with Crippen LogP contribution in [-0.4, -0.2) is 48.1 Å². The third kappa shape index (κ3) is 5.51. The summed E-state index contributed by atoms with van der Waals surface area (Å²) in [5.74, 6) is -1.30. The highest BCUT2D eigenvalue weighted by Gasteiger charge is 2.45. The van der Waals surface area contributed by atoms with Gasteiger partial charge in [-0.05, 0) is 66.8 Å². The third-order valence-corrected chi connectivity index (χ3v) is 5.99. The summed E-state index contributed by atoms with van der Waals surface area (Å²) in [5.41, 5.74) is 3.43. The van der Waals surface area contributed by atoms with E-state index in [1.54, 1.807) is 48.5 Å². The first-order valence-corrected chi connectivity index (χ1v) is 11.5. The van der Waals surface area contributed by atoms with Gasteiger partial charge in [-0.15, -0.1) is 0 Å². The predicted octanol–water partition coefficient (Wildman–Crippen LogP) is 3.52. The van der Waals surface area contributed by atoms with Crippen molar-refractivity contribution < 1.29 is 28.2 Å². The van der Waals surface area contributed by atoms with Crippen LogP contribution in [0.1, 0.15) is 16.8 Å². The van der Waals surface area contributed by atoms with Crippen LogP contribution < -0.4 is 25.1 Å². The van der Waals surface area contributed by atoms with Crippen molar-refractivity contribution in [1.82, 2.24) is 10.4 Å². The molecule has 37 heavy (non-hydrogen) atoms. The summed E-state index contributed by atoms with van der Waals surface area (Å²) >= 11 is 5.53. The summed E-state index contributed by atoms with van der Waals surface area (Å²) in [4.78, 5) is 40.6. The normalized spacial score (nSPS) is 14.9. The number of nitrogens with zero attached hydrogens (tertiary/aromatic N) is 2. The molecule has 11 heteroatoms. The van der Waals surface area contributed by atoms with Crippen LogP contribution in [0.15, 0.2) is 72.8 Å². The molecule has 3 amide bonds. The Balaban J connectivity index is 1.62. The van der Waals surface area contributed by atoms with E-state index in [9.17, 15) is 18.8 Å². The van der Waals surface area contributed by atoms with Gasteiger partial charge in [-0.1, -0.05) is 18.2 Å². The number of halogens is 1. The van der Waals surface area contributed by atoms with Crippen molar-refractivity contribution in [2.45, 2.75) is 12.5 Å². The van der Waals surface area contributed by atoms with Crippen LogP contribution in [-0.2, 0) is 9.59 Å². The second kappa shape index (κ2) is 11.0. The summed E-state index contributed by atoms with van der Waals surface area (Å²) in [5, 5.41) is 3.83. The smallest absolute Gasteiger partial charge is 0.269 e. The first kappa shape index (κ1) is 25.6. The zero-order valence-corrected chi connectivity index (χ0v) is 20.8. The van der Waals surface area contributed by atoms with Gasteiger partial charge in [0.25, 0.3) is 11.8 Å². The van der Waals surface area contributed by atoms with Crippen LogP contribution in [0.4, 0.5) is 15.8 Å². The Morgan fingerprint density at radius 1 is 1.00 bits per heavy atom. The summed E-state index contributed by atoms with van der Waals surface area (Å²) < 4.78 is 24.1. The molecular weight excluding hydrogens is 499 g/mol. The Morgan fingerprint density at radius 3 is 2.41 bits per heavy atom. The molecule has 1 aliphatic rings. The zero-order chi connectivity index (χ0) is 26.5. The van der Waals surface area contributed by atoms with Gasteiger partial charge in [-0.3, -0.25) is 24.7 Å². The van der Waals surface area contributed by atoms with E-state index in [1.165, 1.54) is 37.3 Å². The van der Waals surface area contributed by atoms with E-state index in [1.807, 2.05) is 0 Å². The molecule has 1 fully saturated rings. The highest BCUT2D eigenvalue weighted by Crippen LogP contribution is 2.29. The van der Waals surface area contributed by atoms with Crippen molar-refractivity contribution in [3.8, 4) is 11.5 Å². The number of para-hydroxylation sites is 2. The minimum atomic E-state index is -1.16. The van der Waals surface area contributed by atoms with Crippen molar-refractivity contribution in [1.29, 1.82) is 0 Å². The van der Waals surface area contributed by atoms with E-state index in [2.05, 4.69) is 10.7 Å². The lowest BCUT2D eigenvalue weighted by Gasteiger charge is -2.24. The van der Waals surface area contributed by atoms with Crippen LogP contribution in [0.5, 0.6) is 11.5 Å². The standard InChI is InChI=1S/C26H23FN4O5S/c1-35-19-12-10-18(11-13-19)30-25(34)21(15-23(32)28-20-8-3-4-9-22(20)36-2)31(26(30)37)29-24(33)16-6-5-7-17(27)14-16/h3-14,21H,15H2,1-2H3,(H,28,32)(H,29,33). The van der Waals surface area contributed by atoms with Gasteiger partial charge in [0.1, 0.15) is 23.4 Å². The molecule has 1 unspecified atom stereocenters. The van der Waals surface area contributed by atoms with E-state index in [4.69, 9.17) is 21.7 Å². The number of amides is 3. The fraction of sp³-hybridized carbons (Fsp3) is 0.154. The Bertz CT molecular complexity index is 1350. The molecule has 1 saturated heterocycles. The van der Waals surface area contributed by atoms with Crippen molar-refractivity contribution in [2.75, 3.05) is 24.4 Å². The number of ether oxygens (including phenoxy) is 2. The SMILES string of the molecule is COc1ccc(N2C(=O)C(CC(=O)Nc3ccccc3OC)N(NC(=O)c3cccc(F)c3)C2=S)cc1. The fourth-order valence-electron chi connectivity index (χ4n) is 3.80. The van der Waals surface area contributed by atoms with Crippen molar-refractivity contribution in [3.63, 3.8) is 0 Å². The minimum Gasteiger partial charge on any atom is -0.497 e. The summed E-state index contributed by atoms with van der Waals surface area (Å²) in [7, 11) is 2.99. The first-order valence-electron chi connectivity index (χ1n) is 11.1. The summed E-state index contributed by atoms with van der Waals surface area (Å²) in [6.07, 6.45) is -0.340. The molecular formula is C26H23FN4O5S. The molecule has 0 spiro atoms. The van der Waals surface area contributed by atoms with Crippen LogP contribution in [0.2, 0.25) is 0 Å². The molecule has 0 aliphatic carbocycles. The molecule has 0 aromatic heterocycles. The molecule has 3 aromatic rings. The number of rotatable bonds is 8. The molecule has 4 rings (SSSR count). The number of hydrogen-bond acceptors (Lipinski definition) is 6. The molecule has 0 bridgehead atoms. The van der Waals surface area contributed by atoms with Crippen LogP contribution >= 0.6 is 12.2 Å². The summed E-state index contributed by atoms with van der Waals surface area (Å²) in [6, 6.07) is 17.3. The van der Waals surface area contributed by atoms with Gasteiger partial charge in [0.15, 0.2) is 0 Å². The first-order chi connectivity index (χ1) is 17.8. The lowest BCUT2D eigenvalue weighted by atomic mass is 10.1. The van der Waals surface area contributed by atoms with E-state index < -0.39 is 29.6 Å². The second-order valence-electron chi connectivity index (χ2n) is 7.94. The monoisotopic (exact) mass is 522 g/mol. The zero-order valence-electron chi connectivity index (χ0n) is 19.9. The van der Waals surface area contributed by atoms with Crippen molar-refractivity contribution >= 4 is 46.4 Å². The van der Waals surface area contributed by atoms with Gasteiger partial charge < -0.3 is 14.8 Å². The maximum Gasteiger partial charge on any atom is 0.269 e. The minimum absolute atomic E-state index is 0.0235. The quantitative estimate of drug-likeness (QED) is 0.437. The van der Waals surface area contributed by atoms with E-state index in [0.717, 1.165) is 11.1 Å². The average Bonchev–Trinajstić information content (AvgIpc) is 3.12. The maximum atomic E-state index is 13.7. The van der Waals surface area contributed by atoms with Gasteiger partial charge in [0, 0.05) is 5.56 Å². The van der Waals surface area contributed by atoms with E-state index in [-0.39, 0.29) is 17.1 Å². The lowest BCUT2D eigenvalue weighted by molar-refractivity contribution is -0.124. The molecule has 9 nitrogen and oxygen atoms in total. The largest absolute Gasteiger partial charge is 0.497 e. The number of hydrogen-bond donors (Lipinski definition) is 2. The number of methoxy groups -OCH3 is 2. The van der Waals surface area contributed by atoms with Crippen LogP contribution in [0.25, 0.3) is 0 Å². The van der Waals surface area contributed by atoms with Crippen molar-refractivity contribution in [2.24, 2.45) is 0 Å². The number of nitrogens with one attached hydrogen (secondary N) is 2. The topological polar surface area (TPSA) is 100 Å². The molecule has 1 heterocycles. The van der Waals surface area contributed by atoms with Crippen molar-refractivity contribution in [3.05, 3.63) is 84.2 Å². The van der Waals surface area contributed by atoms with E-state index >= 15 is 0 Å². The number of benzene rings is 3. The fourth-order valence-corrected chi connectivity index (χ4v) is 4.16. The van der Waals surface area contributed by atoms with Gasteiger partial charge >= 0.3 is 0 Å². The van der Waals surface area contributed by atoms with Crippen LogP contribution in [0.3, 0.4) is 0 Å². The second-order valence-corrected chi connectivity index (χ2v) is 8.31. The van der Waals surface area contributed by atoms with E-state index in [0.29, 0.717) is 22.9 Å². The molecule has 0 radical (unpaired) electrons. The lowest BCUT2D eigenvalue weighted by Crippen LogP contribution is -2.49. The molecule has 3 aromatic carbocycles. The number of carbonyl (C=O) groups excluding carboxylic acids is 3. The molecule has 0 saturated carbocycles. The average molecular weight is 523 g/mol. The van der Waals surface area contributed by atoms with Gasteiger partial charge in [-0.2, -0.15) is 0 Å². The highest BCUT2D eigenvalue weighted by molar-refractivity contribution is 7.80. The number of carbonyl (C=O) groups is 3. The number of hydrazine groups is 1. The predicted molar refractivity (Wildman–Crippen MR) is 139 cm³/mol. The van der Waals surface area contributed by atoms with Crippen LogP contribution in [0, 0.1) is 5.82 Å².